The molecule has 108 heavy (non-hydrogen) atoms. The Kier molecular flexibility index (Phi) is 25.1. The van der Waals surface area contributed by atoms with Crippen molar-refractivity contribution in [2.24, 2.45) is 17.8 Å². The fourth-order valence-corrected chi connectivity index (χ4v) is 14.4. The molecule has 7 amide bonds. The van der Waals surface area contributed by atoms with Crippen molar-refractivity contribution in [1.29, 1.82) is 5.26 Å². The second kappa shape index (κ2) is 35.5. The van der Waals surface area contributed by atoms with E-state index in [0.717, 1.165) is 103 Å². The van der Waals surface area contributed by atoms with E-state index in [1.165, 1.54) is 27.8 Å². The van der Waals surface area contributed by atoms with Gasteiger partial charge >= 0.3 is 18.3 Å². The molecule has 0 radical (unpaired) electrons. The van der Waals surface area contributed by atoms with Crippen LogP contribution in [-0.4, -0.2) is 208 Å². The van der Waals surface area contributed by atoms with E-state index >= 15 is 0 Å². The number of aromatic nitrogens is 6. The van der Waals surface area contributed by atoms with Crippen LogP contribution in [0.4, 0.5) is 49.3 Å². The molecule has 3 saturated heterocycles. The Labute approximate surface area is 628 Å². The monoisotopic (exact) mass is 1530 g/mol. The van der Waals surface area contributed by atoms with E-state index in [4.69, 9.17) is 75.7 Å². The van der Waals surface area contributed by atoms with E-state index < -0.39 is 18.3 Å². The Morgan fingerprint density at radius 3 is 1.48 bits per heavy atom. The lowest BCUT2D eigenvalue weighted by molar-refractivity contribution is -0.123. The number of nitriles is 1. The zero-order chi connectivity index (χ0) is 76.0. The van der Waals surface area contributed by atoms with E-state index in [-0.39, 0.29) is 79.9 Å². The van der Waals surface area contributed by atoms with Crippen molar-refractivity contribution in [1.82, 2.24) is 51.2 Å². The molecule has 9 aliphatic rings. The van der Waals surface area contributed by atoms with Crippen LogP contribution in [0.5, 0.6) is 34.6 Å². The smallest absolute Gasteiger partial charge is 0.415 e. The minimum atomic E-state index is -0.488. The molecule has 0 saturated carbocycles. The van der Waals surface area contributed by atoms with Gasteiger partial charge in [0, 0.05) is 18.1 Å². The van der Waals surface area contributed by atoms with Crippen LogP contribution in [0, 0.1) is 29.1 Å². The number of anilines is 6. The standard InChI is InChI=1S/C27H30N6O6.C22H24ClN5O5.C21H23ClN6O5.CH2O2/c1-16(34)30-8-9-37-22-3-2-18-10-17(11-20(18)21(22)12-28)13-29-7-6-19-14-33(27(36)39-19)24-5-4-23-26(31-24)32-25(35)15-38-23;1-31-17-9-25-20(23)15-7-12(6-14(15)17)8-24-5-4-13-10-28(22(30)33-13)18-3-2-16-21(26-18)27-19(29)11-32-16;1-31-15-7-24-18(22)14-5-11(4-13(14)15)6-23-3-2-12-9-28(21(30)33-12)16-8-25-20-19(26-16)27-17(29)10-32-20;2-1-3/h2-5,17,19,29H,6-11,13-15H2,1H3,(H,30,34)(H,31,32,35);2-3,9,12-13,24H,4-8,10-11H2,1H3,(H,26,27,29);7-8,11-12,23H,2-6,9-10H2,1H3,(H,26,27,29);1H,(H,2,3). The predicted octanol–water partition coefficient (Wildman–Crippen LogP) is 4.99. The van der Waals surface area contributed by atoms with Gasteiger partial charge in [0.25, 0.3) is 30.1 Å². The Morgan fingerprint density at radius 2 is 1.01 bits per heavy atom. The van der Waals surface area contributed by atoms with Crippen molar-refractivity contribution in [2.45, 2.75) is 83.0 Å². The molecule has 37 heteroatoms. The number of pyridine rings is 4. The number of nitrogens with zero attached hydrogens (tertiary/aromatic N) is 10. The van der Waals surface area contributed by atoms with Crippen LogP contribution in [0.25, 0.3) is 0 Å². The highest BCUT2D eigenvalue weighted by atomic mass is 35.5. The number of amides is 7. The number of hydrogen-bond donors (Lipinski definition) is 8. The third-order valence-corrected chi connectivity index (χ3v) is 19.6. The lowest BCUT2D eigenvalue weighted by Crippen LogP contribution is -2.30. The van der Waals surface area contributed by atoms with Gasteiger partial charge in [0.05, 0.1) is 64.6 Å². The Hall–Kier alpha value is -11.2. The number of carbonyl (C=O) groups is 8. The number of methoxy groups -OCH3 is 2. The molecule has 35 nitrogen and oxygen atoms in total. The number of nitrogens with one attached hydrogen (secondary N) is 7. The van der Waals surface area contributed by atoms with Gasteiger partial charge in [0.15, 0.2) is 54.6 Å². The normalized spacial score (nSPS) is 20.1. The molecule has 11 heterocycles. The number of cyclic esters (lactones) is 3. The number of benzene rings is 1. The average molecular weight is 1530 g/mol. The highest BCUT2D eigenvalue weighted by Crippen LogP contribution is 2.40. The molecule has 6 unspecified atom stereocenters. The first-order valence-electron chi connectivity index (χ1n) is 35.0. The van der Waals surface area contributed by atoms with Gasteiger partial charge in [-0.3, -0.25) is 38.7 Å². The van der Waals surface area contributed by atoms with Crippen LogP contribution in [-0.2, 0) is 76.7 Å². The summed E-state index contributed by atoms with van der Waals surface area (Å²) in [5.74, 6) is 5.40. The van der Waals surface area contributed by atoms with Crippen molar-refractivity contribution in [3.05, 3.63) is 104 Å². The number of carbonyl (C=O) groups excluding carboxylic acids is 7. The van der Waals surface area contributed by atoms with Crippen LogP contribution in [0.15, 0.2) is 55.0 Å². The van der Waals surface area contributed by atoms with Crippen molar-refractivity contribution in [3.8, 4) is 40.7 Å². The second-order valence-corrected chi connectivity index (χ2v) is 27.1. The average Bonchev–Trinajstić information content (AvgIpc) is 1.55. The topological polar surface area (TPSA) is 435 Å². The van der Waals surface area contributed by atoms with Gasteiger partial charge < -0.3 is 85.0 Å². The van der Waals surface area contributed by atoms with E-state index in [9.17, 15) is 38.8 Å². The van der Waals surface area contributed by atoms with Gasteiger partial charge in [-0.25, -0.2) is 44.3 Å². The maximum Gasteiger partial charge on any atom is 0.415 e. The summed E-state index contributed by atoms with van der Waals surface area (Å²) < 4.78 is 48.9. The molecule has 6 atom stereocenters. The summed E-state index contributed by atoms with van der Waals surface area (Å²) in [4.78, 5) is 121. The first kappa shape index (κ1) is 76.5. The summed E-state index contributed by atoms with van der Waals surface area (Å²) in [6.45, 7) is 7.29. The second-order valence-electron chi connectivity index (χ2n) is 26.3. The zero-order valence-corrected chi connectivity index (χ0v) is 60.6. The fraction of sp³-hybridized carbons (Fsp3) is 0.451. The molecule has 0 spiro atoms. The minimum absolute atomic E-state index is 0.0424. The maximum atomic E-state index is 12.5. The molecule has 6 aromatic rings. The third-order valence-electron chi connectivity index (χ3n) is 19.0. The fourth-order valence-electron chi connectivity index (χ4n) is 13.9. The lowest BCUT2D eigenvalue weighted by atomic mass is 10.0. The molecule has 3 fully saturated rings. The van der Waals surface area contributed by atoms with Crippen molar-refractivity contribution in [2.75, 3.05) is 137 Å². The summed E-state index contributed by atoms with van der Waals surface area (Å²) in [7, 11) is 3.29. The third kappa shape index (κ3) is 18.6. The van der Waals surface area contributed by atoms with Gasteiger partial charge in [0.2, 0.25) is 5.91 Å². The molecular weight excluding hydrogens is 1450 g/mol. The lowest BCUT2D eigenvalue weighted by Gasteiger charge is -2.19. The van der Waals surface area contributed by atoms with E-state index in [1.807, 2.05) is 12.1 Å². The number of fused-ring (bicyclic) bond motifs is 6. The highest BCUT2D eigenvalue weighted by molar-refractivity contribution is 6.30. The molecule has 8 N–H and O–H groups in total. The molecule has 5 aromatic heterocycles. The Bertz CT molecular complexity index is 4270. The van der Waals surface area contributed by atoms with Gasteiger partial charge in [-0.2, -0.15) is 5.26 Å². The minimum Gasteiger partial charge on any atom is -0.495 e. The van der Waals surface area contributed by atoms with Gasteiger partial charge in [-0.15, -0.1) is 0 Å². The summed E-state index contributed by atoms with van der Waals surface area (Å²) in [5, 5.41) is 38.7. The summed E-state index contributed by atoms with van der Waals surface area (Å²) >= 11 is 12.5. The van der Waals surface area contributed by atoms with Gasteiger partial charge in [-0.1, -0.05) is 29.3 Å². The zero-order valence-electron chi connectivity index (χ0n) is 59.1. The SMILES string of the molecule is CC(=O)NCCOc1ccc2c(c1C#N)CC(CNCCC1CN(c3ccc4c(n3)NC(=O)CO4)C(=O)O1)C2.COc1cnc(Cl)c2c1CC(CNCCC1CN(c3ccc4c(n3)NC(=O)CO4)C(=O)O1)C2.COc1cnc(Cl)c2c1CC(CNCCC1CN(c3cnc4c(n3)NC(=O)CO4)C(=O)O1)C2.O=CO. The first-order chi connectivity index (χ1) is 52.3. The van der Waals surface area contributed by atoms with Crippen LogP contribution in [0.2, 0.25) is 10.3 Å². The van der Waals surface area contributed by atoms with Crippen molar-refractivity contribution in [3.63, 3.8) is 0 Å². The quantitative estimate of drug-likeness (QED) is 0.0171. The number of ether oxygens (including phenoxy) is 9. The maximum absolute atomic E-state index is 12.5. The summed E-state index contributed by atoms with van der Waals surface area (Å²) in [6, 6.07) is 12.9. The number of carboxylic acid groups (broad SMARTS) is 1. The van der Waals surface area contributed by atoms with E-state index in [2.05, 4.69) is 73.2 Å². The first-order valence-corrected chi connectivity index (χ1v) is 35.8. The van der Waals surface area contributed by atoms with Crippen molar-refractivity contribution < 1.29 is 86.1 Å². The highest BCUT2D eigenvalue weighted by Gasteiger charge is 2.39. The van der Waals surface area contributed by atoms with Crippen LogP contribution < -0.4 is 80.3 Å². The molecule has 6 aliphatic heterocycles. The molecule has 1 aromatic carbocycles. The predicted molar refractivity (Wildman–Crippen MR) is 387 cm³/mol. The molecule has 0 bridgehead atoms. The summed E-state index contributed by atoms with van der Waals surface area (Å²) in [6.07, 6.45) is 9.72. The Morgan fingerprint density at radius 1 is 0.574 bits per heavy atom. The van der Waals surface area contributed by atoms with Gasteiger partial charge in [-0.05, 0) is 167 Å². The van der Waals surface area contributed by atoms with Crippen LogP contribution in [0.3, 0.4) is 0 Å². The summed E-state index contributed by atoms with van der Waals surface area (Å²) in [5.41, 5.74) is 7.17. The Balaban J connectivity index is 0.000000149. The van der Waals surface area contributed by atoms with E-state index in [1.54, 1.807) is 50.9 Å². The van der Waals surface area contributed by atoms with E-state index in [0.29, 0.717) is 152 Å². The van der Waals surface area contributed by atoms with Crippen molar-refractivity contribution >= 4 is 106 Å². The molecular formula is C71H79Cl2N17O18. The van der Waals surface area contributed by atoms with Crippen LogP contribution >= 0.6 is 23.2 Å². The number of halogens is 2. The van der Waals surface area contributed by atoms with Crippen LogP contribution in [0.1, 0.15) is 65.1 Å². The molecule has 3 aliphatic carbocycles. The largest absolute Gasteiger partial charge is 0.495 e. The van der Waals surface area contributed by atoms with Gasteiger partial charge in [0.1, 0.15) is 70.2 Å². The molecule has 15 rings (SSSR count). The number of rotatable bonds is 24. The number of hydrogen-bond acceptors (Lipinski definition) is 27. The molecule has 570 valence electrons.